The van der Waals surface area contributed by atoms with E-state index in [1.165, 1.54) is 24.3 Å². The lowest BCUT2D eigenvalue weighted by Gasteiger charge is -2.06. The zero-order valence-electron chi connectivity index (χ0n) is 7.66. The normalized spacial score (nSPS) is 12.1. The number of carbonyl (C=O) groups is 1. The number of nitrogens with zero attached hydrogens (tertiary/aromatic N) is 1. The Morgan fingerprint density at radius 1 is 1.40 bits per heavy atom. The van der Waals surface area contributed by atoms with Gasteiger partial charge in [-0.2, -0.15) is 0 Å². The maximum absolute atomic E-state index is 10.3. The van der Waals surface area contributed by atoms with Crippen molar-refractivity contribution < 1.29 is 19.9 Å². The van der Waals surface area contributed by atoms with E-state index >= 15 is 0 Å². The molecule has 0 fully saturated rings. The monoisotopic (exact) mass is 211 g/mol. The van der Waals surface area contributed by atoms with Gasteiger partial charge in [-0.05, 0) is 17.7 Å². The Morgan fingerprint density at radius 3 is 2.33 bits per heavy atom. The first-order chi connectivity index (χ1) is 7.00. The maximum Gasteiger partial charge on any atom is 0.306 e. The van der Waals surface area contributed by atoms with Crippen LogP contribution in [-0.4, -0.2) is 21.1 Å². The van der Waals surface area contributed by atoms with Crippen LogP contribution in [0.5, 0.6) is 0 Å². The summed E-state index contributed by atoms with van der Waals surface area (Å²) in [5.74, 6) is -1.12. The Balaban J connectivity index is 2.79. The van der Waals surface area contributed by atoms with E-state index in [1.54, 1.807) is 0 Å². The number of carboxylic acids is 1. The summed E-state index contributed by atoms with van der Waals surface area (Å²) < 4.78 is 0. The van der Waals surface area contributed by atoms with Gasteiger partial charge in [0.2, 0.25) is 0 Å². The molecule has 0 amide bonds. The molecule has 0 radical (unpaired) electrons. The van der Waals surface area contributed by atoms with Crippen LogP contribution in [0.4, 0.5) is 5.69 Å². The molecule has 1 aromatic rings. The molecule has 0 spiro atoms. The summed E-state index contributed by atoms with van der Waals surface area (Å²) in [7, 11) is 0. The van der Waals surface area contributed by atoms with Crippen LogP contribution in [0.15, 0.2) is 24.3 Å². The Bertz CT molecular complexity index is 373. The van der Waals surface area contributed by atoms with Crippen molar-refractivity contribution in [2.75, 3.05) is 0 Å². The minimum Gasteiger partial charge on any atom is -0.481 e. The zero-order chi connectivity index (χ0) is 11.4. The Morgan fingerprint density at radius 2 is 1.93 bits per heavy atom. The lowest BCUT2D eigenvalue weighted by Crippen LogP contribution is -2.05. The molecule has 2 N–H and O–H groups in total. The van der Waals surface area contributed by atoms with Gasteiger partial charge in [0.1, 0.15) is 0 Å². The summed E-state index contributed by atoms with van der Waals surface area (Å²) in [5.41, 5.74) is 0.254. The van der Waals surface area contributed by atoms with Gasteiger partial charge in [-0.3, -0.25) is 14.9 Å². The Labute approximate surface area is 84.9 Å². The van der Waals surface area contributed by atoms with Crippen LogP contribution in [0.25, 0.3) is 0 Å². The number of nitro groups is 1. The molecule has 6 nitrogen and oxygen atoms in total. The predicted molar refractivity (Wildman–Crippen MR) is 50.3 cm³/mol. The molecule has 0 saturated heterocycles. The van der Waals surface area contributed by atoms with Gasteiger partial charge in [0.25, 0.3) is 5.69 Å². The molecule has 0 aliphatic heterocycles. The van der Waals surface area contributed by atoms with Crippen molar-refractivity contribution in [2.24, 2.45) is 0 Å². The Hall–Kier alpha value is -1.95. The van der Waals surface area contributed by atoms with E-state index in [0.29, 0.717) is 5.56 Å². The molecule has 80 valence electrons. The molecule has 0 unspecified atom stereocenters. The van der Waals surface area contributed by atoms with Crippen molar-refractivity contribution in [3.63, 3.8) is 0 Å². The number of nitro benzene ring substituents is 1. The quantitative estimate of drug-likeness (QED) is 0.573. The number of aliphatic carboxylic acids is 1. The molecule has 1 rings (SSSR count). The summed E-state index contributed by atoms with van der Waals surface area (Å²) in [6.07, 6.45) is -1.55. The molecule has 0 aliphatic rings. The van der Waals surface area contributed by atoms with Gasteiger partial charge in [0.05, 0.1) is 17.4 Å². The molecule has 0 saturated carbocycles. The topological polar surface area (TPSA) is 101 Å². The van der Waals surface area contributed by atoms with Crippen LogP contribution < -0.4 is 0 Å². The lowest BCUT2D eigenvalue weighted by atomic mass is 10.1. The van der Waals surface area contributed by atoms with Gasteiger partial charge in [-0.25, -0.2) is 0 Å². The number of hydrogen-bond acceptors (Lipinski definition) is 4. The predicted octanol–water partition coefficient (Wildman–Crippen LogP) is 1.10. The number of aliphatic hydroxyl groups excluding tert-OH is 1. The fourth-order valence-electron chi connectivity index (χ4n) is 1.10. The summed E-state index contributed by atoms with van der Waals surface area (Å²) in [6.45, 7) is 0. The molecule has 0 bridgehead atoms. The molecule has 0 aromatic heterocycles. The van der Waals surface area contributed by atoms with E-state index in [-0.39, 0.29) is 5.69 Å². The van der Waals surface area contributed by atoms with Crippen molar-refractivity contribution in [1.82, 2.24) is 0 Å². The molecular weight excluding hydrogens is 202 g/mol. The first kappa shape index (κ1) is 11.1. The lowest BCUT2D eigenvalue weighted by molar-refractivity contribution is -0.384. The molecular formula is C9H9NO5. The largest absolute Gasteiger partial charge is 0.481 e. The first-order valence-corrected chi connectivity index (χ1v) is 4.15. The average Bonchev–Trinajstić information content (AvgIpc) is 2.17. The van der Waals surface area contributed by atoms with E-state index in [9.17, 15) is 20.0 Å². The highest BCUT2D eigenvalue weighted by molar-refractivity contribution is 5.67. The first-order valence-electron chi connectivity index (χ1n) is 4.15. The van der Waals surface area contributed by atoms with Crippen LogP contribution in [0, 0.1) is 10.1 Å². The third-order valence-electron chi connectivity index (χ3n) is 1.86. The molecule has 0 heterocycles. The number of benzene rings is 1. The molecule has 1 aromatic carbocycles. The van der Waals surface area contributed by atoms with Crippen LogP contribution in [-0.2, 0) is 4.79 Å². The van der Waals surface area contributed by atoms with Crippen molar-refractivity contribution in [1.29, 1.82) is 0 Å². The summed E-state index contributed by atoms with van der Waals surface area (Å²) in [6, 6.07) is 5.12. The minimum atomic E-state index is -1.14. The van der Waals surface area contributed by atoms with Crippen LogP contribution in [0.1, 0.15) is 18.1 Å². The molecule has 1 atom stereocenters. The highest BCUT2D eigenvalue weighted by Crippen LogP contribution is 2.19. The fourth-order valence-corrected chi connectivity index (χ4v) is 1.10. The van der Waals surface area contributed by atoms with Gasteiger partial charge in [-0.15, -0.1) is 0 Å². The van der Waals surface area contributed by atoms with Crippen molar-refractivity contribution in [3.8, 4) is 0 Å². The van der Waals surface area contributed by atoms with Gasteiger partial charge in [-0.1, -0.05) is 0 Å². The molecule has 6 heteroatoms. The van der Waals surface area contributed by atoms with Crippen molar-refractivity contribution in [2.45, 2.75) is 12.5 Å². The van der Waals surface area contributed by atoms with Crippen LogP contribution in [0.2, 0.25) is 0 Å². The molecule has 15 heavy (non-hydrogen) atoms. The minimum absolute atomic E-state index is 0.0960. The number of hydrogen-bond donors (Lipinski definition) is 2. The fraction of sp³-hybridized carbons (Fsp3) is 0.222. The second-order valence-corrected chi connectivity index (χ2v) is 2.96. The van der Waals surface area contributed by atoms with Gasteiger partial charge >= 0.3 is 5.97 Å². The second-order valence-electron chi connectivity index (χ2n) is 2.96. The van der Waals surface area contributed by atoms with E-state index in [1.807, 2.05) is 0 Å². The molecule has 0 aliphatic carbocycles. The van der Waals surface area contributed by atoms with E-state index < -0.39 is 23.4 Å². The summed E-state index contributed by atoms with van der Waals surface area (Å²) >= 11 is 0. The highest BCUT2D eigenvalue weighted by Gasteiger charge is 2.13. The van der Waals surface area contributed by atoms with Crippen molar-refractivity contribution in [3.05, 3.63) is 39.9 Å². The summed E-state index contributed by atoms with van der Waals surface area (Å²) in [5, 5.41) is 28.1. The number of aliphatic hydroxyl groups is 1. The average molecular weight is 211 g/mol. The highest BCUT2D eigenvalue weighted by atomic mass is 16.6. The van der Waals surface area contributed by atoms with Crippen LogP contribution >= 0.6 is 0 Å². The third kappa shape index (κ3) is 3.03. The maximum atomic E-state index is 10.3. The van der Waals surface area contributed by atoms with Gasteiger partial charge < -0.3 is 10.2 Å². The van der Waals surface area contributed by atoms with Gasteiger partial charge in [0, 0.05) is 12.1 Å². The number of carboxylic acid groups (broad SMARTS) is 1. The third-order valence-corrected chi connectivity index (χ3v) is 1.86. The number of non-ortho nitro benzene ring substituents is 1. The van der Waals surface area contributed by atoms with E-state index in [2.05, 4.69) is 0 Å². The van der Waals surface area contributed by atoms with Crippen molar-refractivity contribution >= 4 is 11.7 Å². The van der Waals surface area contributed by atoms with E-state index in [4.69, 9.17) is 5.11 Å². The van der Waals surface area contributed by atoms with E-state index in [0.717, 1.165) is 0 Å². The standard InChI is InChI=1S/C9H9NO5/c11-8(5-9(12)13)6-1-3-7(4-2-6)10(14)15/h1-4,8,11H,5H2,(H,12,13)/t8-/m0/s1. The van der Waals surface area contributed by atoms with Crippen LogP contribution in [0.3, 0.4) is 0 Å². The summed E-state index contributed by atoms with van der Waals surface area (Å²) in [4.78, 5) is 20.0. The van der Waals surface area contributed by atoms with Gasteiger partial charge in [0.15, 0.2) is 0 Å². The second kappa shape index (κ2) is 4.52. The number of rotatable bonds is 4. The zero-order valence-corrected chi connectivity index (χ0v) is 7.66. The Kier molecular flexibility index (Phi) is 3.35. The smallest absolute Gasteiger partial charge is 0.306 e. The SMILES string of the molecule is O=C(O)C[C@H](O)c1ccc([N+](=O)[O-])cc1.